The van der Waals surface area contributed by atoms with Gasteiger partial charge in [-0.15, -0.1) is 11.3 Å². The zero-order valence-electron chi connectivity index (χ0n) is 15.8. The number of anilines is 1. The van der Waals surface area contributed by atoms with Gasteiger partial charge >= 0.3 is 5.97 Å². The fraction of sp³-hybridized carbons (Fsp3) is 0.150. The molecular weight excluding hydrogens is 392 g/mol. The van der Waals surface area contributed by atoms with Crippen molar-refractivity contribution >= 4 is 34.8 Å². The molecule has 9 heteroatoms. The summed E-state index contributed by atoms with van der Waals surface area (Å²) in [5.41, 5.74) is 2.01. The number of nitrogens with one attached hydrogen (secondary N) is 2. The number of aromatic nitrogens is 2. The lowest BCUT2D eigenvalue weighted by molar-refractivity contribution is -0.119. The Bertz CT molecular complexity index is 1050. The van der Waals surface area contributed by atoms with Crippen LogP contribution in [0.15, 0.2) is 48.7 Å². The third-order valence-electron chi connectivity index (χ3n) is 3.84. The highest BCUT2D eigenvalue weighted by atomic mass is 32.1. The van der Waals surface area contributed by atoms with Crippen LogP contribution in [-0.4, -0.2) is 41.4 Å². The van der Waals surface area contributed by atoms with Gasteiger partial charge in [-0.3, -0.25) is 14.6 Å². The number of pyridine rings is 1. The van der Waals surface area contributed by atoms with E-state index in [2.05, 4.69) is 20.6 Å². The maximum absolute atomic E-state index is 12.3. The summed E-state index contributed by atoms with van der Waals surface area (Å²) in [7, 11) is 1.52. The van der Waals surface area contributed by atoms with Crippen LogP contribution in [0.1, 0.15) is 25.7 Å². The molecule has 3 rings (SSSR count). The Morgan fingerprint density at radius 2 is 1.97 bits per heavy atom. The fourth-order valence-electron chi connectivity index (χ4n) is 2.46. The van der Waals surface area contributed by atoms with Gasteiger partial charge in [0.15, 0.2) is 6.61 Å². The van der Waals surface area contributed by atoms with Gasteiger partial charge in [-0.1, -0.05) is 12.1 Å². The van der Waals surface area contributed by atoms with E-state index in [1.165, 1.54) is 13.1 Å². The second-order valence-corrected chi connectivity index (χ2v) is 6.93. The standard InChI is InChI=1S/C20H18N4O4S/c1-12-17(29-19(23-12)15-8-3-4-9-22-15)20(27)28-11-16(25)24-14-7-5-6-13(10-14)18(26)21-2/h3-10H,11H2,1-2H3,(H,21,26)(H,24,25). The Kier molecular flexibility index (Phi) is 6.30. The molecule has 0 aliphatic rings. The van der Waals surface area contributed by atoms with Gasteiger partial charge in [0.25, 0.3) is 11.8 Å². The predicted octanol–water partition coefficient (Wildman–Crippen LogP) is 2.67. The monoisotopic (exact) mass is 410 g/mol. The van der Waals surface area contributed by atoms with Crippen LogP contribution in [0.25, 0.3) is 10.7 Å². The molecule has 2 aromatic heterocycles. The van der Waals surface area contributed by atoms with Crippen molar-refractivity contribution in [3.8, 4) is 10.7 Å². The fourth-order valence-corrected chi connectivity index (χ4v) is 3.40. The quantitative estimate of drug-likeness (QED) is 0.605. The largest absolute Gasteiger partial charge is 0.451 e. The summed E-state index contributed by atoms with van der Waals surface area (Å²) < 4.78 is 5.11. The van der Waals surface area contributed by atoms with Gasteiger partial charge in [0.2, 0.25) is 0 Å². The van der Waals surface area contributed by atoms with Crippen LogP contribution in [0.3, 0.4) is 0 Å². The number of hydrogen-bond donors (Lipinski definition) is 2. The SMILES string of the molecule is CNC(=O)c1cccc(NC(=O)COC(=O)c2sc(-c3ccccn3)nc2C)c1. The van der Waals surface area contributed by atoms with Crippen LogP contribution < -0.4 is 10.6 Å². The van der Waals surface area contributed by atoms with Crippen molar-refractivity contribution in [1.29, 1.82) is 0 Å². The van der Waals surface area contributed by atoms with Crippen molar-refractivity contribution in [1.82, 2.24) is 15.3 Å². The third kappa shape index (κ3) is 5.02. The average molecular weight is 410 g/mol. The number of aryl methyl sites for hydroxylation is 1. The molecule has 3 aromatic rings. The van der Waals surface area contributed by atoms with Crippen LogP contribution in [0.2, 0.25) is 0 Å². The minimum atomic E-state index is -0.628. The van der Waals surface area contributed by atoms with Gasteiger partial charge in [0, 0.05) is 24.5 Å². The molecule has 0 aliphatic carbocycles. The second kappa shape index (κ2) is 9.07. The number of amides is 2. The molecule has 2 amide bonds. The molecule has 0 atom stereocenters. The second-order valence-electron chi connectivity index (χ2n) is 5.93. The minimum Gasteiger partial charge on any atom is -0.451 e. The molecule has 0 fully saturated rings. The first-order valence-corrected chi connectivity index (χ1v) is 9.47. The van der Waals surface area contributed by atoms with Crippen molar-refractivity contribution in [2.45, 2.75) is 6.92 Å². The predicted molar refractivity (Wildman–Crippen MR) is 109 cm³/mol. The number of carbonyl (C=O) groups is 3. The number of nitrogens with zero attached hydrogens (tertiary/aromatic N) is 2. The van der Waals surface area contributed by atoms with Gasteiger partial charge < -0.3 is 15.4 Å². The molecule has 0 bridgehead atoms. The first-order chi connectivity index (χ1) is 14.0. The highest BCUT2D eigenvalue weighted by Gasteiger charge is 2.19. The van der Waals surface area contributed by atoms with Crippen LogP contribution in [0.4, 0.5) is 5.69 Å². The van der Waals surface area contributed by atoms with Crippen LogP contribution >= 0.6 is 11.3 Å². The topological polar surface area (TPSA) is 110 Å². The molecule has 0 saturated heterocycles. The number of hydrogen-bond acceptors (Lipinski definition) is 7. The molecule has 2 heterocycles. The number of carbonyl (C=O) groups excluding carboxylic acids is 3. The van der Waals surface area contributed by atoms with Crippen LogP contribution in [0.5, 0.6) is 0 Å². The Morgan fingerprint density at radius 1 is 1.14 bits per heavy atom. The molecule has 0 radical (unpaired) electrons. The molecule has 1 aromatic carbocycles. The highest BCUT2D eigenvalue weighted by molar-refractivity contribution is 7.17. The molecule has 0 saturated carbocycles. The number of benzene rings is 1. The van der Waals surface area contributed by atoms with Gasteiger partial charge in [0.05, 0.1) is 11.4 Å². The normalized spacial score (nSPS) is 10.3. The van der Waals surface area contributed by atoms with E-state index in [0.717, 1.165) is 11.3 Å². The van der Waals surface area contributed by atoms with Crippen molar-refractivity contribution in [3.05, 3.63) is 64.8 Å². The van der Waals surface area contributed by atoms with E-state index in [0.29, 0.717) is 32.5 Å². The smallest absolute Gasteiger partial charge is 0.350 e. The summed E-state index contributed by atoms with van der Waals surface area (Å²) in [6.45, 7) is 1.24. The van der Waals surface area contributed by atoms with E-state index >= 15 is 0 Å². The molecule has 148 valence electrons. The van der Waals surface area contributed by atoms with Crippen LogP contribution in [0, 0.1) is 6.92 Å². The van der Waals surface area contributed by atoms with E-state index < -0.39 is 18.5 Å². The van der Waals surface area contributed by atoms with Gasteiger partial charge in [0.1, 0.15) is 9.88 Å². The summed E-state index contributed by atoms with van der Waals surface area (Å²) >= 11 is 1.16. The number of thiazole rings is 1. The average Bonchev–Trinajstić information content (AvgIpc) is 3.14. The lowest BCUT2D eigenvalue weighted by atomic mass is 10.2. The molecule has 0 spiro atoms. The summed E-state index contributed by atoms with van der Waals surface area (Å²) in [6, 6.07) is 11.9. The van der Waals surface area contributed by atoms with E-state index in [9.17, 15) is 14.4 Å². The van der Waals surface area contributed by atoms with Crippen molar-refractivity contribution in [2.75, 3.05) is 19.0 Å². The van der Waals surface area contributed by atoms with Crippen molar-refractivity contribution < 1.29 is 19.1 Å². The maximum Gasteiger partial charge on any atom is 0.350 e. The Labute approximate surface area is 171 Å². The lowest BCUT2D eigenvalue weighted by Gasteiger charge is -2.07. The minimum absolute atomic E-state index is 0.267. The Morgan fingerprint density at radius 3 is 2.69 bits per heavy atom. The van der Waals surface area contributed by atoms with Gasteiger partial charge in [-0.05, 0) is 37.3 Å². The molecule has 0 aliphatic heterocycles. The summed E-state index contributed by atoms with van der Waals surface area (Å²) in [5.74, 6) is -1.41. The summed E-state index contributed by atoms with van der Waals surface area (Å²) in [4.78, 5) is 45.0. The highest BCUT2D eigenvalue weighted by Crippen LogP contribution is 2.26. The maximum atomic E-state index is 12.3. The Hall–Kier alpha value is -3.59. The van der Waals surface area contributed by atoms with Gasteiger partial charge in [-0.25, -0.2) is 9.78 Å². The zero-order chi connectivity index (χ0) is 20.8. The van der Waals surface area contributed by atoms with E-state index in [4.69, 9.17) is 4.74 Å². The molecule has 8 nitrogen and oxygen atoms in total. The van der Waals surface area contributed by atoms with Crippen LogP contribution in [-0.2, 0) is 9.53 Å². The van der Waals surface area contributed by atoms with Crippen molar-refractivity contribution in [3.63, 3.8) is 0 Å². The van der Waals surface area contributed by atoms with E-state index in [-0.39, 0.29) is 5.91 Å². The molecular formula is C20H18N4O4S. The zero-order valence-corrected chi connectivity index (χ0v) is 16.6. The first kappa shape index (κ1) is 20.2. The molecule has 29 heavy (non-hydrogen) atoms. The summed E-state index contributed by atoms with van der Waals surface area (Å²) in [6.07, 6.45) is 1.65. The molecule has 0 unspecified atom stereocenters. The Balaban J connectivity index is 1.60. The van der Waals surface area contributed by atoms with E-state index in [1.807, 2.05) is 6.07 Å². The number of esters is 1. The number of rotatable bonds is 6. The third-order valence-corrected chi connectivity index (χ3v) is 5.00. The first-order valence-electron chi connectivity index (χ1n) is 8.66. The van der Waals surface area contributed by atoms with Gasteiger partial charge in [-0.2, -0.15) is 0 Å². The number of ether oxygens (including phenoxy) is 1. The van der Waals surface area contributed by atoms with Crippen molar-refractivity contribution in [2.24, 2.45) is 0 Å². The molecule has 2 N–H and O–H groups in total. The lowest BCUT2D eigenvalue weighted by Crippen LogP contribution is -2.21. The van der Waals surface area contributed by atoms with E-state index in [1.54, 1.807) is 43.5 Å². The summed E-state index contributed by atoms with van der Waals surface area (Å²) in [5, 5.41) is 5.71.